The van der Waals surface area contributed by atoms with Crippen molar-refractivity contribution in [3.05, 3.63) is 35.4 Å². The van der Waals surface area contributed by atoms with Gasteiger partial charge < -0.3 is 10.4 Å². The Bertz CT molecular complexity index is 428. The Balaban J connectivity index is 1.83. The van der Waals surface area contributed by atoms with Crippen LogP contribution in [-0.4, -0.2) is 24.2 Å². The fourth-order valence-corrected chi connectivity index (χ4v) is 2.76. The van der Waals surface area contributed by atoms with E-state index >= 15 is 0 Å². The second-order valence-electron chi connectivity index (χ2n) is 5.20. The lowest BCUT2D eigenvalue weighted by Gasteiger charge is -2.13. The van der Waals surface area contributed by atoms with E-state index in [1.165, 1.54) is 12.0 Å². The van der Waals surface area contributed by atoms with Crippen LogP contribution in [0.25, 0.3) is 0 Å². The molecule has 17 heavy (non-hydrogen) atoms. The first-order chi connectivity index (χ1) is 8.22. The molecule has 1 aliphatic carbocycles. The molecule has 90 valence electrons. The lowest BCUT2D eigenvalue weighted by atomic mass is 9.92. The van der Waals surface area contributed by atoms with Crippen molar-refractivity contribution in [2.24, 2.45) is 0 Å². The van der Waals surface area contributed by atoms with E-state index in [9.17, 15) is 9.90 Å². The number of carboxylic acids is 1. The van der Waals surface area contributed by atoms with E-state index in [4.69, 9.17) is 0 Å². The van der Waals surface area contributed by atoms with Crippen LogP contribution in [-0.2, 0) is 10.2 Å². The molecule has 1 aromatic rings. The third-order valence-electron chi connectivity index (χ3n) is 4.15. The van der Waals surface area contributed by atoms with E-state index in [-0.39, 0.29) is 0 Å². The van der Waals surface area contributed by atoms with Gasteiger partial charge in [0.05, 0.1) is 5.41 Å². The van der Waals surface area contributed by atoms with Gasteiger partial charge in [0.15, 0.2) is 0 Å². The normalized spacial score (nSPS) is 25.8. The quantitative estimate of drug-likeness (QED) is 0.835. The topological polar surface area (TPSA) is 49.3 Å². The highest BCUT2D eigenvalue weighted by molar-refractivity contribution is 5.84. The fraction of sp³-hybridized carbons (Fsp3) is 0.500. The summed E-state index contributed by atoms with van der Waals surface area (Å²) in [6.07, 6.45) is 2.75. The molecule has 3 nitrogen and oxygen atoms in total. The zero-order chi connectivity index (χ0) is 11.9. The second-order valence-corrected chi connectivity index (χ2v) is 5.20. The molecule has 1 heterocycles. The summed E-state index contributed by atoms with van der Waals surface area (Å²) >= 11 is 0. The van der Waals surface area contributed by atoms with Crippen LogP contribution in [0, 0.1) is 0 Å². The predicted molar refractivity (Wildman–Crippen MR) is 65.2 cm³/mol. The lowest BCUT2D eigenvalue weighted by Crippen LogP contribution is -2.19. The molecule has 0 bridgehead atoms. The van der Waals surface area contributed by atoms with Crippen molar-refractivity contribution in [1.29, 1.82) is 0 Å². The Morgan fingerprint density at radius 2 is 2.00 bits per heavy atom. The van der Waals surface area contributed by atoms with E-state index < -0.39 is 11.4 Å². The minimum Gasteiger partial charge on any atom is -0.481 e. The van der Waals surface area contributed by atoms with Gasteiger partial charge in [0.25, 0.3) is 0 Å². The number of rotatable bonds is 3. The van der Waals surface area contributed by atoms with E-state index in [0.717, 1.165) is 31.5 Å². The number of benzene rings is 1. The highest BCUT2D eigenvalue weighted by Crippen LogP contribution is 2.48. The van der Waals surface area contributed by atoms with E-state index in [1.807, 2.05) is 12.1 Å². The molecule has 1 aromatic carbocycles. The zero-order valence-electron chi connectivity index (χ0n) is 9.78. The number of nitrogens with one attached hydrogen (secondary N) is 1. The largest absolute Gasteiger partial charge is 0.481 e. The maximum atomic E-state index is 11.2. The van der Waals surface area contributed by atoms with Gasteiger partial charge in [-0.05, 0) is 42.9 Å². The molecule has 1 saturated carbocycles. The molecule has 0 spiro atoms. The fourth-order valence-electron chi connectivity index (χ4n) is 2.76. The van der Waals surface area contributed by atoms with Gasteiger partial charge >= 0.3 is 5.97 Å². The molecule has 2 N–H and O–H groups in total. The number of carbonyl (C=O) groups is 1. The first kappa shape index (κ1) is 10.8. The summed E-state index contributed by atoms with van der Waals surface area (Å²) in [5, 5.41) is 12.6. The molecule has 0 amide bonds. The van der Waals surface area contributed by atoms with Gasteiger partial charge in [-0.1, -0.05) is 24.3 Å². The number of aliphatic carboxylic acids is 1. The standard InChI is InChI=1S/C14H17NO2/c16-13(17)14(6-7-14)12-3-1-10(2-4-12)11-5-8-15-9-11/h1-4,11,15H,5-9H2,(H,16,17). The molecular formula is C14H17NO2. The van der Waals surface area contributed by atoms with Crippen LogP contribution in [0.5, 0.6) is 0 Å². The van der Waals surface area contributed by atoms with Gasteiger partial charge in [0.1, 0.15) is 0 Å². The monoisotopic (exact) mass is 231 g/mol. The van der Waals surface area contributed by atoms with Crippen LogP contribution in [0.15, 0.2) is 24.3 Å². The third kappa shape index (κ3) is 1.75. The molecule has 2 fully saturated rings. The third-order valence-corrected chi connectivity index (χ3v) is 4.15. The summed E-state index contributed by atoms with van der Waals surface area (Å²) in [7, 11) is 0. The molecule has 3 rings (SSSR count). The number of hydrogen-bond acceptors (Lipinski definition) is 2. The van der Waals surface area contributed by atoms with Gasteiger partial charge in [-0.3, -0.25) is 4.79 Å². The average molecular weight is 231 g/mol. The van der Waals surface area contributed by atoms with Gasteiger partial charge in [-0.2, -0.15) is 0 Å². The predicted octanol–water partition coefficient (Wildman–Crippen LogP) is 1.88. The molecule has 0 aromatic heterocycles. The first-order valence-electron chi connectivity index (χ1n) is 6.27. The van der Waals surface area contributed by atoms with Crippen molar-refractivity contribution in [2.75, 3.05) is 13.1 Å². The molecule has 3 heteroatoms. The van der Waals surface area contributed by atoms with Crippen LogP contribution in [0.1, 0.15) is 36.3 Å². The molecule has 2 aliphatic rings. The lowest BCUT2D eigenvalue weighted by molar-refractivity contribution is -0.140. The van der Waals surface area contributed by atoms with Crippen molar-refractivity contribution >= 4 is 5.97 Å². The SMILES string of the molecule is O=C(O)C1(c2ccc(C3CCNC3)cc2)CC1. The zero-order valence-corrected chi connectivity index (χ0v) is 9.78. The number of hydrogen-bond donors (Lipinski definition) is 2. The Kier molecular flexibility index (Phi) is 2.44. The van der Waals surface area contributed by atoms with Crippen molar-refractivity contribution in [2.45, 2.75) is 30.6 Å². The molecule has 1 saturated heterocycles. The van der Waals surface area contributed by atoms with Crippen LogP contribution in [0.2, 0.25) is 0 Å². The second kappa shape index (κ2) is 3.84. The molecule has 0 radical (unpaired) electrons. The summed E-state index contributed by atoms with van der Waals surface area (Å²) in [5.41, 5.74) is 1.74. The van der Waals surface area contributed by atoms with Gasteiger partial charge in [-0.15, -0.1) is 0 Å². The van der Waals surface area contributed by atoms with Gasteiger partial charge in [-0.25, -0.2) is 0 Å². The van der Waals surface area contributed by atoms with E-state index in [2.05, 4.69) is 17.4 Å². The Morgan fingerprint density at radius 3 is 2.47 bits per heavy atom. The minimum absolute atomic E-state index is 0.563. The maximum Gasteiger partial charge on any atom is 0.314 e. The summed E-state index contributed by atoms with van der Waals surface area (Å²) < 4.78 is 0. The summed E-state index contributed by atoms with van der Waals surface area (Å²) in [6, 6.07) is 8.23. The Labute approximate surface area is 101 Å². The minimum atomic E-state index is -0.673. The van der Waals surface area contributed by atoms with Gasteiger partial charge in [0, 0.05) is 6.54 Å². The molecule has 1 unspecified atom stereocenters. The van der Waals surface area contributed by atoms with Crippen LogP contribution >= 0.6 is 0 Å². The van der Waals surface area contributed by atoms with Crippen molar-refractivity contribution < 1.29 is 9.90 Å². The van der Waals surface area contributed by atoms with Crippen molar-refractivity contribution in [3.63, 3.8) is 0 Å². The highest BCUT2D eigenvalue weighted by Gasteiger charge is 2.51. The maximum absolute atomic E-state index is 11.2. The van der Waals surface area contributed by atoms with Crippen LogP contribution in [0.4, 0.5) is 0 Å². The van der Waals surface area contributed by atoms with Crippen molar-refractivity contribution in [3.8, 4) is 0 Å². The molecular weight excluding hydrogens is 214 g/mol. The van der Waals surface area contributed by atoms with E-state index in [1.54, 1.807) is 0 Å². The van der Waals surface area contributed by atoms with Crippen molar-refractivity contribution in [1.82, 2.24) is 5.32 Å². The first-order valence-corrected chi connectivity index (χ1v) is 6.27. The summed E-state index contributed by atoms with van der Waals surface area (Å²) in [4.78, 5) is 11.2. The molecule has 1 aliphatic heterocycles. The number of carboxylic acid groups (broad SMARTS) is 1. The Hall–Kier alpha value is -1.35. The van der Waals surface area contributed by atoms with Gasteiger partial charge in [0.2, 0.25) is 0 Å². The van der Waals surface area contributed by atoms with E-state index in [0.29, 0.717) is 5.92 Å². The molecule has 1 atom stereocenters. The van der Waals surface area contributed by atoms with Crippen LogP contribution in [0.3, 0.4) is 0 Å². The highest BCUT2D eigenvalue weighted by atomic mass is 16.4. The average Bonchev–Trinajstić information content (AvgIpc) is 2.98. The van der Waals surface area contributed by atoms with Crippen LogP contribution < -0.4 is 5.32 Å². The Morgan fingerprint density at radius 1 is 1.29 bits per heavy atom. The summed E-state index contributed by atoms with van der Waals surface area (Å²) in [6.45, 7) is 2.13. The smallest absolute Gasteiger partial charge is 0.314 e. The summed E-state index contributed by atoms with van der Waals surface area (Å²) in [5.74, 6) is -0.0724.